The number of aromatic nitrogens is 4. The minimum Gasteiger partial charge on any atom is -0.356 e. The molecule has 5 heteroatoms. The predicted octanol–water partition coefficient (Wildman–Crippen LogP) is -0.962. The first-order valence-corrected chi connectivity index (χ1v) is 3.81. The number of quaternary nitrogens is 1. The summed E-state index contributed by atoms with van der Waals surface area (Å²) in [6.45, 7) is 5.78. The lowest BCUT2D eigenvalue weighted by atomic mass is 10.2. The largest absolute Gasteiger partial charge is 0.356 e. The van der Waals surface area contributed by atoms with Crippen LogP contribution in [-0.4, -0.2) is 26.8 Å². The molecular formula is C6H14N5+. The smallest absolute Gasteiger partial charge is 0.154 e. The van der Waals surface area contributed by atoms with Crippen LogP contribution in [-0.2, 0) is 6.54 Å². The molecule has 1 aromatic heterocycles. The Morgan fingerprint density at radius 1 is 1.55 bits per heavy atom. The van der Waals surface area contributed by atoms with Crippen LogP contribution < -0.4 is 5.73 Å². The summed E-state index contributed by atoms with van der Waals surface area (Å²) < 4.78 is 1.80. The van der Waals surface area contributed by atoms with Crippen molar-refractivity contribution in [3.63, 3.8) is 0 Å². The van der Waals surface area contributed by atoms with Gasteiger partial charge in [-0.2, -0.15) is 0 Å². The topological polar surface area (TPSA) is 71.2 Å². The van der Waals surface area contributed by atoms with Gasteiger partial charge in [0.15, 0.2) is 5.82 Å². The second kappa shape index (κ2) is 3.43. The van der Waals surface area contributed by atoms with Gasteiger partial charge in [0.2, 0.25) is 0 Å². The van der Waals surface area contributed by atoms with Gasteiger partial charge in [-0.25, -0.2) is 4.68 Å². The van der Waals surface area contributed by atoms with Crippen molar-refractivity contribution in [3.05, 3.63) is 5.82 Å². The number of nitrogens with zero attached hydrogens (tertiary/aromatic N) is 4. The van der Waals surface area contributed by atoms with Crippen LogP contribution in [0.3, 0.4) is 0 Å². The highest BCUT2D eigenvalue weighted by Gasteiger charge is 2.08. The van der Waals surface area contributed by atoms with E-state index in [-0.39, 0.29) is 0 Å². The maximum absolute atomic E-state index is 3.91. The van der Waals surface area contributed by atoms with E-state index in [9.17, 15) is 0 Å². The summed E-state index contributed by atoms with van der Waals surface area (Å²) in [6, 6.07) is 0. The van der Waals surface area contributed by atoms with Crippen molar-refractivity contribution in [3.8, 4) is 0 Å². The number of hydrogen-bond acceptors (Lipinski definition) is 3. The van der Waals surface area contributed by atoms with E-state index in [1.165, 1.54) is 0 Å². The standard InChI is InChI=1S/C6H13N5/c1-5(2)6-8-9-10-11(6)4-3-7/h5H,3-4,7H2,1-2H3/p+1. The van der Waals surface area contributed by atoms with Crippen molar-refractivity contribution in [2.24, 2.45) is 0 Å². The number of rotatable bonds is 3. The molecule has 0 aliphatic carbocycles. The molecule has 0 atom stereocenters. The van der Waals surface area contributed by atoms with Gasteiger partial charge in [-0.05, 0) is 10.4 Å². The van der Waals surface area contributed by atoms with Gasteiger partial charge in [0.1, 0.15) is 0 Å². The van der Waals surface area contributed by atoms with Gasteiger partial charge >= 0.3 is 0 Å². The van der Waals surface area contributed by atoms with Crippen LogP contribution in [0.25, 0.3) is 0 Å². The Bertz CT molecular complexity index is 217. The van der Waals surface area contributed by atoms with Crippen molar-refractivity contribution in [1.29, 1.82) is 0 Å². The first-order valence-electron chi connectivity index (χ1n) is 3.81. The third-order valence-electron chi connectivity index (χ3n) is 1.45. The fraction of sp³-hybridized carbons (Fsp3) is 0.833. The Hall–Kier alpha value is -0.970. The van der Waals surface area contributed by atoms with E-state index in [0.29, 0.717) is 5.92 Å². The minimum absolute atomic E-state index is 0.386. The second-order valence-corrected chi connectivity index (χ2v) is 2.77. The third-order valence-corrected chi connectivity index (χ3v) is 1.45. The quantitative estimate of drug-likeness (QED) is 0.612. The van der Waals surface area contributed by atoms with Crippen LogP contribution in [0.15, 0.2) is 0 Å². The summed E-state index contributed by atoms with van der Waals surface area (Å²) in [5, 5.41) is 11.3. The lowest BCUT2D eigenvalue weighted by Gasteiger charge is -2.02. The molecule has 3 N–H and O–H groups in total. The molecule has 1 rings (SSSR count). The van der Waals surface area contributed by atoms with Crippen LogP contribution in [0, 0.1) is 0 Å². The van der Waals surface area contributed by atoms with Gasteiger partial charge in [0.05, 0.1) is 13.1 Å². The highest BCUT2D eigenvalue weighted by Crippen LogP contribution is 2.07. The lowest BCUT2D eigenvalue weighted by molar-refractivity contribution is -0.370. The molecule has 0 aliphatic rings. The maximum atomic E-state index is 3.91. The molecule has 0 saturated carbocycles. The Labute approximate surface area is 65.6 Å². The molecule has 1 heterocycles. The Morgan fingerprint density at radius 2 is 2.27 bits per heavy atom. The second-order valence-electron chi connectivity index (χ2n) is 2.77. The van der Waals surface area contributed by atoms with Crippen molar-refractivity contribution in [2.75, 3.05) is 6.54 Å². The van der Waals surface area contributed by atoms with Crippen molar-refractivity contribution >= 4 is 0 Å². The van der Waals surface area contributed by atoms with Crippen LogP contribution >= 0.6 is 0 Å². The summed E-state index contributed by atoms with van der Waals surface area (Å²) >= 11 is 0. The molecule has 5 nitrogen and oxygen atoms in total. The zero-order valence-electron chi connectivity index (χ0n) is 6.99. The molecule has 1 aromatic rings. The van der Waals surface area contributed by atoms with E-state index < -0.39 is 0 Å². The molecule has 0 fully saturated rings. The molecule has 0 aromatic carbocycles. The summed E-state index contributed by atoms with van der Waals surface area (Å²) in [7, 11) is 0. The number of tetrazole rings is 1. The molecule has 0 amide bonds. The van der Waals surface area contributed by atoms with Gasteiger partial charge < -0.3 is 5.73 Å². The average molecular weight is 156 g/mol. The molecule has 0 aliphatic heterocycles. The maximum Gasteiger partial charge on any atom is 0.154 e. The monoisotopic (exact) mass is 156 g/mol. The van der Waals surface area contributed by atoms with Crippen LogP contribution in [0.5, 0.6) is 0 Å². The van der Waals surface area contributed by atoms with Gasteiger partial charge in [-0.3, -0.25) is 0 Å². The summed E-state index contributed by atoms with van der Waals surface area (Å²) in [6.07, 6.45) is 0. The average Bonchev–Trinajstić information content (AvgIpc) is 2.36. The molecule has 62 valence electrons. The Kier molecular flexibility index (Phi) is 2.53. The van der Waals surface area contributed by atoms with Crippen LogP contribution in [0.2, 0.25) is 0 Å². The highest BCUT2D eigenvalue weighted by atomic mass is 15.5. The SMILES string of the molecule is CC(C)c1nnnn1CC[NH3+]. The summed E-state index contributed by atoms with van der Waals surface area (Å²) in [5.41, 5.74) is 3.74. The molecule has 0 radical (unpaired) electrons. The first kappa shape index (κ1) is 8.13. The normalized spacial score (nSPS) is 10.9. The summed E-state index contributed by atoms with van der Waals surface area (Å²) in [5.74, 6) is 1.32. The highest BCUT2D eigenvalue weighted by molar-refractivity contribution is 4.87. The van der Waals surface area contributed by atoms with Gasteiger partial charge in [-0.15, -0.1) is 5.10 Å². The Morgan fingerprint density at radius 3 is 2.82 bits per heavy atom. The minimum atomic E-state index is 0.386. The van der Waals surface area contributed by atoms with Crippen molar-refractivity contribution in [1.82, 2.24) is 20.2 Å². The Balaban J connectivity index is 2.78. The number of hydrogen-bond donors (Lipinski definition) is 1. The predicted molar refractivity (Wildman–Crippen MR) is 39.7 cm³/mol. The van der Waals surface area contributed by atoms with Crippen LogP contribution in [0.4, 0.5) is 0 Å². The van der Waals surface area contributed by atoms with E-state index >= 15 is 0 Å². The third kappa shape index (κ3) is 1.74. The van der Waals surface area contributed by atoms with E-state index in [0.717, 1.165) is 18.9 Å². The first-order chi connectivity index (χ1) is 5.25. The fourth-order valence-corrected chi connectivity index (χ4v) is 0.934. The van der Waals surface area contributed by atoms with E-state index in [1.807, 2.05) is 0 Å². The van der Waals surface area contributed by atoms with Gasteiger partial charge in [-0.1, -0.05) is 13.8 Å². The van der Waals surface area contributed by atoms with E-state index in [1.54, 1.807) is 4.68 Å². The fourth-order valence-electron chi connectivity index (χ4n) is 0.934. The molecule has 0 saturated heterocycles. The van der Waals surface area contributed by atoms with Crippen molar-refractivity contribution in [2.45, 2.75) is 26.3 Å². The molecule has 0 spiro atoms. The van der Waals surface area contributed by atoms with Crippen LogP contribution in [0.1, 0.15) is 25.6 Å². The van der Waals surface area contributed by atoms with Gasteiger partial charge in [0, 0.05) is 5.92 Å². The van der Waals surface area contributed by atoms with Gasteiger partial charge in [0.25, 0.3) is 0 Å². The zero-order valence-corrected chi connectivity index (χ0v) is 6.99. The lowest BCUT2D eigenvalue weighted by Crippen LogP contribution is -2.52. The molecule has 0 unspecified atom stereocenters. The van der Waals surface area contributed by atoms with Crippen molar-refractivity contribution < 1.29 is 5.73 Å². The molecule has 11 heavy (non-hydrogen) atoms. The molecular weight excluding hydrogens is 142 g/mol. The van der Waals surface area contributed by atoms with E-state index in [2.05, 4.69) is 35.1 Å². The zero-order chi connectivity index (χ0) is 8.27. The summed E-state index contributed by atoms with van der Waals surface area (Å²) in [4.78, 5) is 0. The molecule has 0 bridgehead atoms. The van der Waals surface area contributed by atoms with E-state index in [4.69, 9.17) is 0 Å².